The van der Waals surface area contributed by atoms with Gasteiger partial charge in [-0.25, -0.2) is 0 Å². The van der Waals surface area contributed by atoms with Gasteiger partial charge in [0.2, 0.25) is 0 Å². The highest BCUT2D eigenvalue weighted by Gasteiger charge is 2.31. The van der Waals surface area contributed by atoms with Crippen molar-refractivity contribution in [3.8, 4) is 0 Å². The van der Waals surface area contributed by atoms with Crippen molar-refractivity contribution in [2.24, 2.45) is 0 Å². The Morgan fingerprint density at radius 1 is 0.760 bits per heavy atom. The van der Waals surface area contributed by atoms with Crippen LogP contribution in [0.25, 0.3) is 0 Å². The van der Waals surface area contributed by atoms with Gasteiger partial charge in [-0.1, -0.05) is 50.7 Å². The van der Waals surface area contributed by atoms with Crippen molar-refractivity contribution in [2.45, 2.75) is 94.8 Å². The summed E-state index contributed by atoms with van der Waals surface area (Å²) in [6.07, 6.45) is 15.8. The fourth-order valence-electron chi connectivity index (χ4n) is 5.71. The smallest absolute Gasteiger partial charge is 0.251 e. The standard InChI is InChI=1S/C23H33NO/c1-24-23(25)22-20(17-10-4-5-11-17)14-19(16-8-2-3-9-16)15-21(22)18-12-6-7-13-18/h14-18H,2-13H2,1H3,(H,24,25). The molecule has 0 bridgehead atoms. The number of benzene rings is 1. The van der Waals surface area contributed by atoms with E-state index in [1.807, 2.05) is 0 Å². The van der Waals surface area contributed by atoms with Gasteiger partial charge in [0, 0.05) is 12.6 Å². The van der Waals surface area contributed by atoms with Crippen molar-refractivity contribution in [1.82, 2.24) is 5.32 Å². The Kier molecular flexibility index (Phi) is 5.15. The number of amides is 1. The zero-order chi connectivity index (χ0) is 17.2. The Bertz CT molecular complexity index is 580. The molecule has 2 nitrogen and oxygen atoms in total. The molecular formula is C23H33NO. The second-order valence-corrected chi connectivity index (χ2v) is 8.60. The molecule has 0 saturated heterocycles. The van der Waals surface area contributed by atoms with Gasteiger partial charge in [0.1, 0.15) is 0 Å². The Balaban J connectivity index is 1.83. The summed E-state index contributed by atoms with van der Waals surface area (Å²) in [6.45, 7) is 0. The molecule has 3 aliphatic carbocycles. The second kappa shape index (κ2) is 7.51. The van der Waals surface area contributed by atoms with Crippen molar-refractivity contribution < 1.29 is 4.79 Å². The maximum atomic E-state index is 12.9. The summed E-state index contributed by atoms with van der Waals surface area (Å²) >= 11 is 0. The van der Waals surface area contributed by atoms with Crippen molar-refractivity contribution in [2.75, 3.05) is 7.05 Å². The SMILES string of the molecule is CNC(=O)c1c(C2CCCC2)cc(C2CCCC2)cc1C1CCCC1. The van der Waals surface area contributed by atoms with Crippen LogP contribution in [0.4, 0.5) is 0 Å². The Hall–Kier alpha value is -1.31. The monoisotopic (exact) mass is 339 g/mol. The molecule has 0 heterocycles. The largest absolute Gasteiger partial charge is 0.355 e. The molecule has 1 amide bonds. The van der Waals surface area contributed by atoms with E-state index in [0.717, 1.165) is 11.5 Å². The molecule has 1 aromatic rings. The van der Waals surface area contributed by atoms with Crippen molar-refractivity contribution >= 4 is 5.91 Å². The highest BCUT2D eigenvalue weighted by molar-refractivity contribution is 5.97. The summed E-state index contributed by atoms with van der Waals surface area (Å²) in [7, 11) is 1.80. The number of carbonyl (C=O) groups excluding carboxylic acids is 1. The minimum Gasteiger partial charge on any atom is -0.355 e. The lowest BCUT2D eigenvalue weighted by molar-refractivity contribution is 0.0960. The van der Waals surface area contributed by atoms with Gasteiger partial charge >= 0.3 is 0 Å². The highest BCUT2D eigenvalue weighted by atomic mass is 16.1. The van der Waals surface area contributed by atoms with Crippen LogP contribution in [0, 0.1) is 0 Å². The van der Waals surface area contributed by atoms with Crippen LogP contribution in [0.15, 0.2) is 12.1 Å². The second-order valence-electron chi connectivity index (χ2n) is 8.60. The van der Waals surface area contributed by atoms with E-state index in [1.165, 1.54) is 88.2 Å². The van der Waals surface area contributed by atoms with E-state index in [1.54, 1.807) is 12.6 Å². The molecule has 0 atom stereocenters. The van der Waals surface area contributed by atoms with Gasteiger partial charge in [0.15, 0.2) is 0 Å². The van der Waals surface area contributed by atoms with Gasteiger partial charge in [-0.15, -0.1) is 0 Å². The van der Waals surface area contributed by atoms with Gasteiger partial charge < -0.3 is 5.32 Å². The quantitative estimate of drug-likeness (QED) is 0.714. The molecule has 3 aliphatic rings. The fourth-order valence-corrected chi connectivity index (χ4v) is 5.71. The summed E-state index contributed by atoms with van der Waals surface area (Å²) in [5.41, 5.74) is 5.39. The fraction of sp³-hybridized carbons (Fsp3) is 0.696. The van der Waals surface area contributed by atoms with E-state index in [-0.39, 0.29) is 5.91 Å². The van der Waals surface area contributed by atoms with Crippen LogP contribution >= 0.6 is 0 Å². The third kappa shape index (κ3) is 3.37. The summed E-state index contributed by atoms with van der Waals surface area (Å²) < 4.78 is 0. The minimum absolute atomic E-state index is 0.154. The predicted molar refractivity (Wildman–Crippen MR) is 103 cm³/mol. The van der Waals surface area contributed by atoms with Crippen LogP contribution in [0.3, 0.4) is 0 Å². The van der Waals surface area contributed by atoms with Gasteiger partial charge in [-0.3, -0.25) is 4.79 Å². The first-order chi connectivity index (χ1) is 12.3. The van der Waals surface area contributed by atoms with Crippen LogP contribution in [0.2, 0.25) is 0 Å². The number of carbonyl (C=O) groups is 1. The maximum absolute atomic E-state index is 12.9. The molecule has 0 aliphatic heterocycles. The molecule has 1 aromatic carbocycles. The minimum atomic E-state index is 0.154. The van der Waals surface area contributed by atoms with E-state index >= 15 is 0 Å². The first kappa shape index (κ1) is 17.1. The topological polar surface area (TPSA) is 29.1 Å². The number of hydrogen-bond acceptors (Lipinski definition) is 1. The van der Waals surface area contributed by atoms with E-state index in [4.69, 9.17) is 0 Å². The van der Waals surface area contributed by atoms with Crippen LogP contribution in [0.5, 0.6) is 0 Å². The summed E-state index contributed by atoms with van der Waals surface area (Å²) in [5, 5.41) is 2.96. The van der Waals surface area contributed by atoms with E-state index in [2.05, 4.69) is 17.4 Å². The first-order valence-corrected chi connectivity index (χ1v) is 10.7. The summed E-state index contributed by atoms with van der Waals surface area (Å²) in [5.74, 6) is 2.10. The van der Waals surface area contributed by atoms with Crippen LogP contribution in [-0.4, -0.2) is 13.0 Å². The molecule has 4 rings (SSSR count). The predicted octanol–water partition coefficient (Wildman–Crippen LogP) is 6.02. The van der Waals surface area contributed by atoms with E-state index in [9.17, 15) is 4.79 Å². The van der Waals surface area contributed by atoms with E-state index < -0.39 is 0 Å². The van der Waals surface area contributed by atoms with Gasteiger partial charge in [0.25, 0.3) is 5.91 Å². The molecular weight excluding hydrogens is 306 g/mol. The van der Waals surface area contributed by atoms with Crippen LogP contribution < -0.4 is 5.32 Å². The number of hydrogen-bond donors (Lipinski definition) is 1. The lowest BCUT2D eigenvalue weighted by atomic mass is 9.80. The highest BCUT2D eigenvalue weighted by Crippen LogP contribution is 2.45. The third-order valence-corrected chi connectivity index (χ3v) is 7.09. The molecule has 0 aromatic heterocycles. The summed E-state index contributed by atoms with van der Waals surface area (Å²) in [6, 6.07) is 4.91. The average molecular weight is 340 g/mol. The lowest BCUT2D eigenvalue weighted by Crippen LogP contribution is -2.23. The van der Waals surface area contributed by atoms with Crippen molar-refractivity contribution in [3.63, 3.8) is 0 Å². The molecule has 136 valence electrons. The Morgan fingerprint density at radius 2 is 1.16 bits per heavy atom. The zero-order valence-corrected chi connectivity index (χ0v) is 15.8. The van der Waals surface area contributed by atoms with Crippen molar-refractivity contribution in [1.29, 1.82) is 0 Å². The average Bonchev–Trinajstić information content (AvgIpc) is 3.42. The van der Waals surface area contributed by atoms with Gasteiger partial charge in [0.05, 0.1) is 0 Å². The number of nitrogens with one attached hydrogen (secondary N) is 1. The molecule has 0 unspecified atom stereocenters. The molecule has 25 heavy (non-hydrogen) atoms. The molecule has 3 fully saturated rings. The lowest BCUT2D eigenvalue weighted by Gasteiger charge is -2.25. The zero-order valence-electron chi connectivity index (χ0n) is 15.8. The van der Waals surface area contributed by atoms with Gasteiger partial charge in [-0.2, -0.15) is 0 Å². The normalized spacial score (nSPS) is 22.8. The molecule has 1 N–H and O–H groups in total. The van der Waals surface area contributed by atoms with E-state index in [0.29, 0.717) is 11.8 Å². The first-order valence-electron chi connectivity index (χ1n) is 10.7. The maximum Gasteiger partial charge on any atom is 0.251 e. The van der Waals surface area contributed by atoms with Crippen LogP contribution in [-0.2, 0) is 0 Å². The molecule has 2 heteroatoms. The number of rotatable bonds is 4. The van der Waals surface area contributed by atoms with Crippen molar-refractivity contribution in [3.05, 3.63) is 34.4 Å². The third-order valence-electron chi connectivity index (χ3n) is 7.09. The van der Waals surface area contributed by atoms with Crippen LogP contribution in [0.1, 0.15) is 122 Å². The summed E-state index contributed by atoms with van der Waals surface area (Å²) in [4.78, 5) is 12.9. The molecule has 3 saturated carbocycles. The molecule has 0 spiro atoms. The Morgan fingerprint density at radius 3 is 1.56 bits per heavy atom. The van der Waals surface area contributed by atoms with Gasteiger partial charge in [-0.05, 0) is 73.0 Å². The molecule has 0 radical (unpaired) electrons. The Labute approximate surface area is 152 Å².